The van der Waals surface area contributed by atoms with Crippen LogP contribution in [-0.4, -0.2) is 41.2 Å². The van der Waals surface area contributed by atoms with Gasteiger partial charge in [0.1, 0.15) is 5.75 Å². The molecule has 0 aliphatic carbocycles. The highest BCUT2D eigenvalue weighted by Gasteiger charge is 2.43. The third kappa shape index (κ3) is 4.70. The molecule has 33 heavy (non-hydrogen) atoms. The molecule has 0 radical (unpaired) electrons. The van der Waals surface area contributed by atoms with Crippen molar-refractivity contribution < 1.29 is 14.3 Å². The fourth-order valence-corrected chi connectivity index (χ4v) is 4.33. The van der Waals surface area contributed by atoms with Gasteiger partial charge in [-0.15, -0.1) is 0 Å². The van der Waals surface area contributed by atoms with Crippen molar-refractivity contribution in [2.45, 2.75) is 52.2 Å². The third-order valence-corrected chi connectivity index (χ3v) is 6.51. The van der Waals surface area contributed by atoms with E-state index in [9.17, 15) is 9.59 Å². The molecule has 1 spiro atoms. The van der Waals surface area contributed by atoms with E-state index in [0.717, 1.165) is 29.5 Å². The first-order valence-corrected chi connectivity index (χ1v) is 11.6. The molecule has 0 unspecified atom stereocenters. The summed E-state index contributed by atoms with van der Waals surface area (Å²) in [6, 6.07) is 11.0. The second-order valence-electron chi connectivity index (χ2n) is 8.96. The number of likely N-dealkylation sites (tertiary alicyclic amines) is 1. The van der Waals surface area contributed by atoms with Crippen molar-refractivity contribution in [3.63, 3.8) is 0 Å². The number of fused-ring (bicyclic) bond motifs is 1. The quantitative estimate of drug-likeness (QED) is 0.650. The van der Waals surface area contributed by atoms with Crippen LogP contribution in [0.5, 0.6) is 5.75 Å². The molecule has 2 aliphatic heterocycles. The topological polar surface area (TPSA) is 82.5 Å². The average molecular weight is 446 g/mol. The van der Waals surface area contributed by atoms with Crippen molar-refractivity contribution in [3.8, 4) is 5.75 Å². The van der Waals surface area contributed by atoms with Crippen molar-refractivity contribution in [3.05, 3.63) is 76.4 Å². The summed E-state index contributed by atoms with van der Waals surface area (Å²) in [5, 5.41) is 11.3. The second kappa shape index (κ2) is 9.22. The number of hydrogen-bond acceptors (Lipinski definition) is 4. The van der Waals surface area contributed by atoms with E-state index >= 15 is 0 Å². The van der Waals surface area contributed by atoms with Crippen LogP contribution in [0.1, 0.15) is 70.0 Å². The maximum atomic E-state index is 13.2. The Labute approximate surface area is 195 Å². The molecule has 4 rings (SSSR count). The number of nitrogens with one attached hydrogen (secondary N) is 2. The smallest absolute Gasteiger partial charge is 0.258 e. The molecule has 0 bridgehead atoms. The molecule has 2 aromatic rings. The summed E-state index contributed by atoms with van der Waals surface area (Å²) in [5.41, 5.74) is 3.62. The lowest BCUT2D eigenvalue weighted by Crippen LogP contribution is -2.61. The molecule has 0 saturated carbocycles. The van der Waals surface area contributed by atoms with Crippen LogP contribution in [0.15, 0.2) is 48.6 Å². The van der Waals surface area contributed by atoms with E-state index in [0.29, 0.717) is 48.5 Å². The van der Waals surface area contributed by atoms with Gasteiger partial charge in [0.05, 0.1) is 11.3 Å². The van der Waals surface area contributed by atoms with E-state index in [1.807, 2.05) is 44.2 Å². The monoisotopic (exact) mass is 445 g/mol. The number of unbranched alkanes of at least 4 members (excludes halogenated alkanes) is 1. The number of hydrogen-bond donors (Lipinski definition) is 2. The molecule has 0 atom stereocenters. The zero-order valence-corrected chi connectivity index (χ0v) is 19.5. The van der Waals surface area contributed by atoms with Crippen molar-refractivity contribution in [2.24, 2.45) is 0 Å². The Morgan fingerprint density at radius 1 is 1.15 bits per heavy atom. The molecule has 172 valence electrons. The summed E-state index contributed by atoms with van der Waals surface area (Å²) in [5.74, 6) is 0.427. The molecule has 1 fully saturated rings. The van der Waals surface area contributed by atoms with Crippen LogP contribution in [0.2, 0.25) is 0 Å². The first-order valence-electron chi connectivity index (χ1n) is 11.6. The minimum atomic E-state index is -0.781. The minimum Gasteiger partial charge on any atom is -0.467 e. The van der Waals surface area contributed by atoms with Gasteiger partial charge in [0.15, 0.2) is 5.72 Å². The van der Waals surface area contributed by atoms with E-state index in [2.05, 4.69) is 12.2 Å². The Hall–Kier alpha value is -3.41. The molecule has 6 heteroatoms. The number of rotatable bonds is 5. The van der Waals surface area contributed by atoms with Crippen LogP contribution in [0.4, 0.5) is 0 Å². The maximum absolute atomic E-state index is 13.2. The van der Waals surface area contributed by atoms with Crippen molar-refractivity contribution in [1.82, 2.24) is 10.2 Å². The first kappa shape index (κ1) is 22.8. The third-order valence-electron chi connectivity index (χ3n) is 6.51. The number of allylic oxidation sites excluding steroid dienone is 2. The van der Waals surface area contributed by atoms with E-state index in [1.165, 1.54) is 0 Å². The summed E-state index contributed by atoms with van der Waals surface area (Å²) < 4.78 is 6.29. The number of carbonyl (C=O) groups is 2. The fraction of sp³-hybridized carbons (Fsp3) is 0.370. The van der Waals surface area contributed by atoms with Crippen LogP contribution in [0.25, 0.3) is 0 Å². The van der Waals surface area contributed by atoms with Gasteiger partial charge in [-0.25, -0.2) is 0 Å². The van der Waals surface area contributed by atoms with Crippen LogP contribution in [-0.2, 0) is 0 Å². The number of carbonyl (C=O) groups excluding carboxylic acids is 2. The number of aryl methyl sites for hydroxylation is 2. The van der Waals surface area contributed by atoms with E-state index < -0.39 is 5.72 Å². The van der Waals surface area contributed by atoms with Gasteiger partial charge in [-0.1, -0.05) is 31.6 Å². The molecule has 0 aromatic heterocycles. The number of benzene rings is 2. The molecule has 6 nitrogen and oxygen atoms in total. The van der Waals surface area contributed by atoms with Gasteiger partial charge in [-0.3, -0.25) is 9.59 Å². The van der Waals surface area contributed by atoms with Crippen LogP contribution in [0.3, 0.4) is 0 Å². The standard InChI is InChI=1S/C27H31N3O3/c1-4-5-6-10-23(28)20-8-7-9-21(17-20)26(32)30-13-11-27(12-14-30)29-25(31)22-15-18(2)19(3)16-24(22)33-27/h6-10,15-17,28H,4-5,11-14H2,1-3H3,(H,29,31). The lowest BCUT2D eigenvalue weighted by atomic mass is 9.95. The summed E-state index contributed by atoms with van der Waals surface area (Å²) in [7, 11) is 0. The van der Waals surface area contributed by atoms with Gasteiger partial charge >= 0.3 is 0 Å². The molecule has 1 saturated heterocycles. The molecule has 2 aliphatic rings. The SMILES string of the molecule is CCCC=CC(=N)c1cccc(C(=O)N2CCC3(CC2)NC(=O)c2cc(C)c(C)cc2O3)c1. The van der Waals surface area contributed by atoms with Gasteiger partial charge in [0, 0.05) is 37.1 Å². The highest BCUT2D eigenvalue weighted by atomic mass is 16.5. The zero-order chi connectivity index (χ0) is 23.6. The van der Waals surface area contributed by atoms with Gasteiger partial charge in [-0.05, 0) is 61.7 Å². The summed E-state index contributed by atoms with van der Waals surface area (Å²) in [6.07, 6.45) is 6.78. The second-order valence-corrected chi connectivity index (χ2v) is 8.96. The van der Waals surface area contributed by atoms with Gasteiger partial charge in [-0.2, -0.15) is 0 Å². The predicted octanol–water partition coefficient (Wildman–Crippen LogP) is 4.78. The molecule has 2 N–H and O–H groups in total. The lowest BCUT2D eigenvalue weighted by molar-refractivity contribution is -0.0246. The summed E-state index contributed by atoms with van der Waals surface area (Å²) in [6.45, 7) is 7.05. The molecule has 2 aromatic carbocycles. The Bertz CT molecular complexity index is 1130. The van der Waals surface area contributed by atoms with Crippen LogP contribution in [0, 0.1) is 19.3 Å². The molecular weight excluding hydrogens is 414 g/mol. The Balaban J connectivity index is 1.44. The minimum absolute atomic E-state index is 0.0638. The van der Waals surface area contributed by atoms with Crippen molar-refractivity contribution >= 4 is 17.5 Å². The van der Waals surface area contributed by atoms with Crippen molar-refractivity contribution in [1.29, 1.82) is 5.41 Å². The maximum Gasteiger partial charge on any atom is 0.258 e. The van der Waals surface area contributed by atoms with Gasteiger partial charge in [0.25, 0.3) is 11.8 Å². The largest absolute Gasteiger partial charge is 0.467 e. The Morgan fingerprint density at radius 3 is 2.58 bits per heavy atom. The summed E-state index contributed by atoms with van der Waals surface area (Å²) >= 11 is 0. The average Bonchev–Trinajstić information content (AvgIpc) is 2.81. The number of nitrogens with zero attached hydrogens (tertiary/aromatic N) is 1. The van der Waals surface area contributed by atoms with Gasteiger partial charge < -0.3 is 20.4 Å². The fourth-order valence-electron chi connectivity index (χ4n) is 4.33. The number of ether oxygens (including phenoxy) is 1. The van der Waals surface area contributed by atoms with Gasteiger partial charge in [0.2, 0.25) is 0 Å². The highest BCUT2D eigenvalue weighted by Crippen LogP contribution is 2.35. The van der Waals surface area contributed by atoms with E-state index in [4.69, 9.17) is 10.1 Å². The number of piperidine rings is 1. The Kier molecular flexibility index (Phi) is 6.36. The predicted molar refractivity (Wildman–Crippen MR) is 129 cm³/mol. The Morgan fingerprint density at radius 2 is 1.85 bits per heavy atom. The zero-order valence-electron chi connectivity index (χ0n) is 19.5. The van der Waals surface area contributed by atoms with E-state index in [1.54, 1.807) is 23.1 Å². The van der Waals surface area contributed by atoms with E-state index in [-0.39, 0.29) is 11.8 Å². The molecule has 2 heterocycles. The van der Waals surface area contributed by atoms with Crippen LogP contribution >= 0.6 is 0 Å². The van der Waals surface area contributed by atoms with Crippen molar-refractivity contribution in [2.75, 3.05) is 13.1 Å². The number of amides is 2. The first-order chi connectivity index (χ1) is 15.8. The molecular formula is C27H31N3O3. The van der Waals surface area contributed by atoms with Crippen LogP contribution < -0.4 is 10.1 Å². The normalized spacial score (nSPS) is 16.9. The summed E-state index contributed by atoms with van der Waals surface area (Å²) in [4.78, 5) is 27.7. The highest BCUT2D eigenvalue weighted by molar-refractivity contribution is 6.08. The lowest BCUT2D eigenvalue weighted by Gasteiger charge is -2.44. The molecule has 2 amide bonds.